The van der Waals surface area contributed by atoms with Crippen molar-refractivity contribution in [1.82, 2.24) is 4.90 Å². The van der Waals surface area contributed by atoms with Crippen LogP contribution in [-0.4, -0.2) is 29.7 Å². The quantitative estimate of drug-likeness (QED) is 0.471. The Morgan fingerprint density at radius 2 is 1.62 bits per heavy atom. The second kappa shape index (κ2) is 8.50. The first-order valence-electron chi connectivity index (χ1n) is 12.0. The van der Waals surface area contributed by atoms with Gasteiger partial charge in [0.1, 0.15) is 6.61 Å². The summed E-state index contributed by atoms with van der Waals surface area (Å²) in [6.07, 6.45) is 5.29. The summed E-state index contributed by atoms with van der Waals surface area (Å²) in [4.78, 5) is 15.2. The smallest absolute Gasteiger partial charge is 0.410 e. The summed E-state index contributed by atoms with van der Waals surface area (Å²) in [5.41, 5.74) is 8.46. The summed E-state index contributed by atoms with van der Waals surface area (Å²) in [7, 11) is 0. The van der Waals surface area contributed by atoms with Crippen LogP contribution in [0.25, 0.3) is 16.7 Å². The van der Waals surface area contributed by atoms with Gasteiger partial charge in [-0.3, -0.25) is 4.90 Å². The topological polar surface area (TPSA) is 53.3 Å². The number of fused-ring (bicyclic) bond motifs is 5. The highest BCUT2D eigenvalue weighted by Gasteiger charge is 2.41. The molecule has 1 fully saturated rings. The van der Waals surface area contributed by atoms with Crippen LogP contribution >= 0.6 is 0 Å². The highest BCUT2D eigenvalue weighted by molar-refractivity contribution is 5.79. The van der Waals surface area contributed by atoms with Crippen molar-refractivity contribution >= 4 is 11.7 Å². The molecular weight excluding hydrogens is 420 g/mol. The first kappa shape index (κ1) is 20.7. The summed E-state index contributed by atoms with van der Waals surface area (Å²) < 4.78 is 5.97. The van der Waals surface area contributed by atoms with E-state index in [1.54, 1.807) is 0 Å². The van der Waals surface area contributed by atoms with Crippen molar-refractivity contribution in [3.05, 3.63) is 101 Å². The van der Waals surface area contributed by atoms with Crippen molar-refractivity contribution in [2.24, 2.45) is 0 Å². The molecule has 6 rings (SSSR count). The van der Waals surface area contributed by atoms with Crippen LogP contribution in [0.1, 0.15) is 47.4 Å². The van der Waals surface area contributed by atoms with Crippen LogP contribution in [0.4, 0.5) is 4.79 Å². The largest absolute Gasteiger partial charge is 0.448 e. The van der Waals surface area contributed by atoms with Gasteiger partial charge >= 0.3 is 6.09 Å². The van der Waals surface area contributed by atoms with E-state index in [2.05, 4.69) is 72.8 Å². The third-order valence-corrected chi connectivity index (χ3v) is 7.55. The maximum atomic E-state index is 13.2. The van der Waals surface area contributed by atoms with Gasteiger partial charge in [-0.15, -0.1) is 0 Å². The molecule has 1 amide bonds. The molecule has 0 spiro atoms. The molecule has 2 heterocycles. The lowest BCUT2D eigenvalue weighted by molar-refractivity contribution is 0.0866. The van der Waals surface area contributed by atoms with Crippen LogP contribution in [0.2, 0.25) is 0 Å². The van der Waals surface area contributed by atoms with Gasteiger partial charge in [0.15, 0.2) is 0 Å². The van der Waals surface area contributed by atoms with Crippen LogP contribution < -0.4 is 0 Å². The van der Waals surface area contributed by atoms with Gasteiger partial charge < -0.3 is 4.74 Å². The molecule has 1 aliphatic carbocycles. The summed E-state index contributed by atoms with van der Waals surface area (Å²) in [5.74, 6) is 0.0804. The molecule has 2 atom stereocenters. The maximum absolute atomic E-state index is 13.2. The van der Waals surface area contributed by atoms with Crippen molar-refractivity contribution in [3.8, 4) is 17.2 Å². The lowest BCUT2D eigenvalue weighted by Crippen LogP contribution is -2.43. The van der Waals surface area contributed by atoms with Gasteiger partial charge in [0.25, 0.3) is 0 Å². The van der Waals surface area contributed by atoms with E-state index in [4.69, 9.17) is 10.00 Å². The van der Waals surface area contributed by atoms with Crippen molar-refractivity contribution in [2.45, 2.75) is 43.7 Å². The Balaban J connectivity index is 1.17. The van der Waals surface area contributed by atoms with E-state index in [9.17, 15) is 4.79 Å². The van der Waals surface area contributed by atoms with Gasteiger partial charge in [-0.1, -0.05) is 78.9 Å². The summed E-state index contributed by atoms with van der Waals surface area (Å²) in [6, 6.07) is 27.6. The predicted molar refractivity (Wildman–Crippen MR) is 132 cm³/mol. The first-order valence-corrected chi connectivity index (χ1v) is 12.0. The Kier molecular flexibility index (Phi) is 5.19. The van der Waals surface area contributed by atoms with Gasteiger partial charge in [-0.25, -0.2) is 4.79 Å². The van der Waals surface area contributed by atoms with Crippen LogP contribution in [0.3, 0.4) is 0 Å². The molecule has 4 nitrogen and oxygen atoms in total. The van der Waals surface area contributed by atoms with E-state index in [-0.39, 0.29) is 24.1 Å². The van der Waals surface area contributed by atoms with Crippen LogP contribution in [0, 0.1) is 11.3 Å². The van der Waals surface area contributed by atoms with Gasteiger partial charge in [-0.05, 0) is 58.2 Å². The minimum Gasteiger partial charge on any atom is -0.448 e. The monoisotopic (exact) mass is 446 g/mol. The Hall–Kier alpha value is -3.84. The summed E-state index contributed by atoms with van der Waals surface area (Å²) >= 11 is 0. The van der Waals surface area contributed by atoms with Gasteiger partial charge in [0, 0.05) is 12.0 Å². The molecule has 1 saturated heterocycles. The van der Waals surface area contributed by atoms with Crippen molar-refractivity contribution in [1.29, 1.82) is 5.26 Å². The lowest BCUT2D eigenvalue weighted by atomic mass is 9.94. The third kappa shape index (κ3) is 3.49. The fourth-order valence-electron chi connectivity index (χ4n) is 5.93. The Morgan fingerprint density at radius 1 is 0.941 bits per heavy atom. The molecule has 3 aromatic carbocycles. The maximum Gasteiger partial charge on any atom is 0.410 e. The molecule has 2 aliphatic heterocycles. The second-order valence-corrected chi connectivity index (χ2v) is 9.44. The van der Waals surface area contributed by atoms with Crippen LogP contribution in [-0.2, 0) is 11.2 Å². The van der Waals surface area contributed by atoms with E-state index < -0.39 is 0 Å². The van der Waals surface area contributed by atoms with Crippen molar-refractivity contribution in [3.63, 3.8) is 0 Å². The highest BCUT2D eigenvalue weighted by atomic mass is 16.6. The number of amides is 1. The van der Waals surface area contributed by atoms with Crippen molar-refractivity contribution in [2.75, 3.05) is 6.61 Å². The molecule has 0 aromatic heterocycles. The zero-order valence-corrected chi connectivity index (χ0v) is 19.0. The molecule has 4 heteroatoms. The van der Waals surface area contributed by atoms with E-state index >= 15 is 0 Å². The standard InChI is InChI=1S/C30H26N2O2/c31-16-15-20-9-11-21(12-10-20)22-17-23-13-14-24(18-22)32(23)30(33)34-19-29-27-7-3-1-5-25(27)26-6-2-4-8-28(26)29/h1-12,17,23-24,29H,13-15,18-19H2. The number of carbonyl (C=O) groups is 1. The minimum absolute atomic E-state index is 0.0804. The molecule has 3 aliphatic rings. The van der Waals surface area contributed by atoms with Gasteiger partial charge in [0.05, 0.1) is 18.5 Å². The number of hydrogen-bond acceptors (Lipinski definition) is 3. The molecule has 2 unspecified atom stereocenters. The normalized spacial score (nSPS) is 20.3. The molecule has 0 saturated carbocycles. The second-order valence-electron chi connectivity index (χ2n) is 9.44. The fourth-order valence-corrected chi connectivity index (χ4v) is 5.93. The number of nitriles is 1. The molecule has 3 aromatic rings. The Morgan fingerprint density at radius 3 is 2.26 bits per heavy atom. The van der Waals surface area contributed by atoms with Crippen LogP contribution in [0.5, 0.6) is 0 Å². The van der Waals surface area contributed by atoms with Crippen molar-refractivity contribution < 1.29 is 9.53 Å². The summed E-state index contributed by atoms with van der Waals surface area (Å²) in [6.45, 7) is 0.361. The summed E-state index contributed by atoms with van der Waals surface area (Å²) in [5, 5.41) is 8.90. The number of ether oxygens (including phenoxy) is 1. The fraction of sp³-hybridized carbons (Fsp3) is 0.267. The predicted octanol–water partition coefficient (Wildman–Crippen LogP) is 6.32. The van der Waals surface area contributed by atoms with E-state index in [1.165, 1.54) is 33.4 Å². The number of carbonyl (C=O) groups excluding carboxylic acids is 1. The van der Waals surface area contributed by atoms with E-state index in [0.717, 1.165) is 24.8 Å². The molecule has 0 radical (unpaired) electrons. The van der Waals surface area contributed by atoms with E-state index in [1.807, 2.05) is 17.0 Å². The van der Waals surface area contributed by atoms with Gasteiger partial charge in [0.2, 0.25) is 0 Å². The SMILES string of the molecule is N#CCc1ccc(C2=CC3CCC(C2)N3C(=O)OCC2c3ccccc3-c3ccccc32)cc1. The first-order chi connectivity index (χ1) is 16.7. The molecule has 34 heavy (non-hydrogen) atoms. The number of nitrogens with zero attached hydrogens (tertiary/aromatic N) is 2. The lowest BCUT2D eigenvalue weighted by Gasteiger charge is -2.33. The average Bonchev–Trinajstić information content (AvgIpc) is 3.34. The molecule has 168 valence electrons. The minimum atomic E-state index is -0.200. The Bertz CT molecular complexity index is 1270. The number of rotatable bonds is 4. The highest BCUT2D eigenvalue weighted by Crippen LogP contribution is 2.45. The number of hydrogen-bond donors (Lipinski definition) is 0. The third-order valence-electron chi connectivity index (χ3n) is 7.55. The zero-order valence-electron chi connectivity index (χ0n) is 19.0. The zero-order chi connectivity index (χ0) is 23.1. The number of benzene rings is 3. The average molecular weight is 447 g/mol. The molecular formula is C30H26N2O2. The van der Waals surface area contributed by atoms with E-state index in [0.29, 0.717) is 13.0 Å². The Labute approximate surface area is 200 Å². The van der Waals surface area contributed by atoms with Gasteiger partial charge in [-0.2, -0.15) is 5.26 Å². The van der Waals surface area contributed by atoms with Crippen LogP contribution in [0.15, 0.2) is 78.9 Å². The molecule has 0 N–H and O–H groups in total. The molecule has 2 bridgehead atoms.